The first-order valence-corrected chi connectivity index (χ1v) is 11.6. The molecule has 0 spiro atoms. The lowest BCUT2D eigenvalue weighted by Crippen LogP contribution is -2.21. The molecule has 0 bridgehead atoms. The van der Waals surface area contributed by atoms with Crippen molar-refractivity contribution < 1.29 is 5.11 Å². The van der Waals surface area contributed by atoms with Crippen molar-refractivity contribution in [2.24, 2.45) is 10.2 Å². The van der Waals surface area contributed by atoms with Crippen LogP contribution in [0.1, 0.15) is 23.9 Å². The highest BCUT2D eigenvalue weighted by molar-refractivity contribution is 7.07. The van der Waals surface area contributed by atoms with E-state index < -0.39 is 0 Å². The molecule has 4 N–H and O–H groups in total. The van der Waals surface area contributed by atoms with Crippen LogP contribution in [0.2, 0.25) is 0 Å². The number of rotatable bonds is 9. The zero-order valence-corrected chi connectivity index (χ0v) is 20.8. The third-order valence-corrected chi connectivity index (χ3v) is 5.57. The number of azo groups is 1. The minimum Gasteiger partial charge on any atom is -0.394 e. The highest BCUT2D eigenvalue weighted by Gasteiger charge is 2.17. The lowest BCUT2D eigenvalue weighted by Gasteiger charge is -2.17. The second-order valence-corrected chi connectivity index (χ2v) is 8.57. The van der Waals surface area contributed by atoms with Gasteiger partial charge in [-0.3, -0.25) is 0 Å². The Bertz CT molecular complexity index is 1330. The Balaban J connectivity index is 1.74. The Morgan fingerprint density at radius 1 is 1.11 bits per heavy atom. The molecule has 0 aliphatic carbocycles. The molecule has 0 aliphatic heterocycles. The maximum atomic E-state index is 9.44. The van der Waals surface area contributed by atoms with Crippen LogP contribution < -0.4 is 16.0 Å². The van der Waals surface area contributed by atoms with E-state index >= 15 is 0 Å². The summed E-state index contributed by atoms with van der Waals surface area (Å²) in [6, 6.07) is 5.82. The summed E-state index contributed by atoms with van der Waals surface area (Å²) in [6.45, 7) is 7.60. The van der Waals surface area contributed by atoms with E-state index in [9.17, 15) is 5.11 Å². The molecule has 0 saturated carbocycles. The van der Waals surface area contributed by atoms with E-state index in [0.717, 1.165) is 16.8 Å². The van der Waals surface area contributed by atoms with Crippen LogP contribution in [-0.2, 0) is 0 Å². The summed E-state index contributed by atoms with van der Waals surface area (Å²) >= 11 is 1.20. The average Bonchev–Trinajstić information content (AvgIpc) is 3.49. The second-order valence-electron chi connectivity index (χ2n) is 7.81. The lowest BCUT2D eigenvalue weighted by molar-refractivity contribution is 0.281. The van der Waals surface area contributed by atoms with Crippen molar-refractivity contribution in [3.05, 3.63) is 41.5 Å². The van der Waals surface area contributed by atoms with Gasteiger partial charge in [-0.25, -0.2) is 4.98 Å². The number of anilines is 4. The highest BCUT2D eigenvalue weighted by Crippen LogP contribution is 2.35. The molecular weight excluding hydrogens is 468 g/mol. The van der Waals surface area contributed by atoms with Crippen LogP contribution in [0.15, 0.2) is 34.8 Å². The van der Waals surface area contributed by atoms with Gasteiger partial charge in [-0.1, -0.05) is 17.7 Å². The number of hydrogen-bond acceptors (Lipinski definition) is 13. The molecule has 0 aliphatic rings. The van der Waals surface area contributed by atoms with Crippen LogP contribution in [-0.4, -0.2) is 58.9 Å². The molecule has 1 aromatic carbocycles. The molecule has 13 nitrogen and oxygen atoms in total. The monoisotopic (exact) mass is 494 g/mol. The first-order chi connectivity index (χ1) is 16.9. The van der Waals surface area contributed by atoms with Gasteiger partial charge in [-0.2, -0.15) is 24.0 Å². The zero-order chi connectivity index (χ0) is 24.9. The molecule has 3 aromatic heterocycles. The summed E-state index contributed by atoms with van der Waals surface area (Å²) in [5.74, 6) is 1.95. The van der Waals surface area contributed by atoms with E-state index in [2.05, 4.69) is 61.7 Å². The largest absolute Gasteiger partial charge is 0.394 e. The number of hydrogen-bond donors (Lipinski definition) is 4. The van der Waals surface area contributed by atoms with Crippen molar-refractivity contribution in [1.82, 2.24) is 34.1 Å². The Morgan fingerprint density at radius 3 is 2.60 bits per heavy atom. The third-order valence-electron chi connectivity index (χ3n) is 4.93. The molecule has 35 heavy (non-hydrogen) atoms. The van der Waals surface area contributed by atoms with Crippen LogP contribution in [0.4, 0.5) is 34.9 Å². The normalized spacial score (nSPS) is 12.2. The molecule has 182 valence electrons. The molecule has 0 saturated heterocycles. The fourth-order valence-electron chi connectivity index (χ4n) is 3.18. The van der Waals surface area contributed by atoms with Gasteiger partial charge in [0.25, 0.3) is 5.95 Å². The predicted octanol–water partition coefficient (Wildman–Crippen LogP) is 3.83. The van der Waals surface area contributed by atoms with E-state index in [4.69, 9.17) is 0 Å². The number of benzene rings is 1. The smallest absolute Gasteiger partial charge is 0.288 e. The van der Waals surface area contributed by atoms with Gasteiger partial charge in [-0.05, 0) is 39.3 Å². The number of aromatic nitrogens is 7. The minimum atomic E-state index is -0.238. The van der Waals surface area contributed by atoms with Gasteiger partial charge in [0.2, 0.25) is 11.1 Å². The molecule has 4 rings (SSSR count). The Labute approximate surface area is 206 Å². The molecule has 0 fully saturated rings. The van der Waals surface area contributed by atoms with Gasteiger partial charge < -0.3 is 21.1 Å². The first kappa shape index (κ1) is 24.1. The Hall–Kier alpha value is -4.04. The molecule has 1 atom stereocenters. The number of nitrogens with zero attached hydrogens (tertiary/aromatic N) is 9. The Kier molecular flexibility index (Phi) is 7.22. The molecule has 3 heterocycles. The lowest BCUT2D eigenvalue weighted by atomic mass is 10.1. The molecule has 14 heteroatoms. The standard InChI is InChI=1S/C21H26N12OS/c1-11-6-7-15(12(2)8-11)27-18-16(17(22-5)28-19(29-18)25-13(3)9-34)30-31-20-26-14(4)33(32-20)21-23-10-24-35-21/h6-8,10,13,34H,9H2,1-5H3,(H3,22,25,27,28,29). The maximum absolute atomic E-state index is 9.44. The molecule has 0 radical (unpaired) electrons. The predicted molar refractivity (Wildman–Crippen MR) is 135 cm³/mol. The van der Waals surface area contributed by atoms with Crippen molar-refractivity contribution in [2.45, 2.75) is 33.7 Å². The van der Waals surface area contributed by atoms with Crippen LogP contribution in [0, 0.1) is 20.8 Å². The van der Waals surface area contributed by atoms with Gasteiger partial charge in [0.05, 0.1) is 6.61 Å². The van der Waals surface area contributed by atoms with Gasteiger partial charge >= 0.3 is 0 Å². The van der Waals surface area contributed by atoms with Gasteiger partial charge in [0, 0.05) is 30.3 Å². The van der Waals surface area contributed by atoms with Crippen molar-refractivity contribution in [2.75, 3.05) is 29.6 Å². The molecule has 4 aromatic rings. The summed E-state index contributed by atoms with van der Waals surface area (Å²) in [4.78, 5) is 17.6. The number of nitrogens with one attached hydrogen (secondary N) is 3. The van der Waals surface area contributed by atoms with E-state index in [-0.39, 0.29) is 18.6 Å². The van der Waals surface area contributed by atoms with Crippen molar-refractivity contribution in [3.8, 4) is 5.13 Å². The highest BCUT2D eigenvalue weighted by atomic mass is 32.1. The van der Waals surface area contributed by atoms with Crippen molar-refractivity contribution in [1.29, 1.82) is 0 Å². The van der Waals surface area contributed by atoms with Crippen LogP contribution in [0.25, 0.3) is 5.13 Å². The number of aliphatic hydroxyl groups excluding tert-OH is 1. The summed E-state index contributed by atoms with van der Waals surface area (Å²) in [5.41, 5.74) is 3.44. The molecule has 1 unspecified atom stereocenters. The number of aryl methyl sites for hydroxylation is 3. The van der Waals surface area contributed by atoms with E-state index in [0.29, 0.717) is 34.2 Å². The fourth-order valence-corrected chi connectivity index (χ4v) is 3.71. The summed E-state index contributed by atoms with van der Waals surface area (Å²) in [7, 11) is 1.73. The van der Waals surface area contributed by atoms with E-state index in [1.807, 2.05) is 32.9 Å². The maximum Gasteiger partial charge on any atom is 0.288 e. The SMILES string of the molecule is CNc1nc(NC(C)CO)nc(Nc2ccc(C)cc2C)c1N=Nc1nc(C)n(-c2ncns2)n1. The van der Waals surface area contributed by atoms with Gasteiger partial charge in [0.15, 0.2) is 17.3 Å². The van der Waals surface area contributed by atoms with Crippen molar-refractivity contribution >= 4 is 46.4 Å². The number of aliphatic hydroxyl groups is 1. The third kappa shape index (κ3) is 5.55. The fraction of sp³-hybridized carbons (Fsp3) is 0.333. The zero-order valence-electron chi connectivity index (χ0n) is 20.0. The quantitative estimate of drug-likeness (QED) is 0.251. The van der Waals surface area contributed by atoms with Crippen LogP contribution in [0.3, 0.4) is 0 Å². The van der Waals surface area contributed by atoms with E-state index in [1.54, 1.807) is 18.7 Å². The summed E-state index contributed by atoms with van der Waals surface area (Å²) in [6.07, 6.45) is 1.46. The van der Waals surface area contributed by atoms with Gasteiger partial charge in [-0.15, -0.1) is 15.3 Å². The first-order valence-electron chi connectivity index (χ1n) is 10.8. The second kappa shape index (κ2) is 10.5. The minimum absolute atomic E-state index is 0.0676. The summed E-state index contributed by atoms with van der Waals surface area (Å²) < 4.78 is 5.55. The topological polar surface area (TPSA) is 163 Å². The van der Waals surface area contributed by atoms with E-state index in [1.165, 1.54) is 17.9 Å². The van der Waals surface area contributed by atoms with Gasteiger partial charge in [0.1, 0.15) is 12.2 Å². The van der Waals surface area contributed by atoms with Crippen molar-refractivity contribution in [3.63, 3.8) is 0 Å². The van der Waals surface area contributed by atoms with Crippen LogP contribution >= 0.6 is 11.5 Å². The Morgan fingerprint density at radius 2 is 1.91 bits per heavy atom. The van der Waals surface area contributed by atoms with Crippen LogP contribution in [0.5, 0.6) is 0 Å². The molecule has 0 amide bonds. The summed E-state index contributed by atoms with van der Waals surface area (Å²) in [5, 5.41) is 32.5. The average molecular weight is 495 g/mol. The molecular formula is C21H26N12OS.